The lowest BCUT2D eigenvalue weighted by molar-refractivity contribution is 0.0269. The third kappa shape index (κ3) is 5.17. The number of nitriles is 1. The van der Waals surface area contributed by atoms with Gasteiger partial charge in [0.05, 0.1) is 61.0 Å². The van der Waals surface area contributed by atoms with Crippen LogP contribution in [0.15, 0.2) is 36.8 Å². The minimum atomic E-state index is -0.517. The number of rotatable bonds is 8. The molecule has 1 aliphatic heterocycles. The summed E-state index contributed by atoms with van der Waals surface area (Å²) in [4.78, 5) is 21.6. The molecule has 11 heteroatoms. The van der Waals surface area contributed by atoms with Gasteiger partial charge in [0.15, 0.2) is 5.78 Å². The molecule has 34 heavy (non-hydrogen) atoms. The molecule has 10 nitrogen and oxygen atoms in total. The van der Waals surface area contributed by atoms with E-state index in [4.69, 9.17) is 26.3 Å². The van der Waals surface area contributed by atoms with Gasteiger partial charge in [-0.2, -0.15) is 10.4 Å². The molecule has 2 unspecified atom stereocenters. The largest absolute Gasteiger partial charge is 0.495 e. The van der Waals surface area contributed by atoms with E-state index in [1.807, 2.05) is 6.92 Å². The minimum absolute atomic E-state index is 0.0720. The van der Waals surface area contributed by atoms with Crippen molar-refractivity contribution in [2.45, 2.75) is 25.5 Å². The maximum absolute atomic E-state index is 12.8. The van der Waals surface area contributed by atoms with Gasteiger partial charge in [-0.15, -0.1) is 0 Å². The molecule has 1 fully saturated rings. The second-order valence-electron chi connectivity index (χ2n) is 7.78. The number of nitrogens with zero attached hydrogens (tertiary/aromatic N) is 5. The topological polar surface area (TPSA) is 127 Å². The highest BCUT2D eigenvalue weighted by Crippen LogP contribution is 2.31. The van der Waals surface area contributed by atoms with Crippen LogP contribution in [0.2, 0.25) is 5.02 Å². The van der Waals surface area contributed by atoms with E-state index in [9.17, 15) is 4.79 Å². The highest BCUT2D eigenvalue weighted by molar-refractivity contribution is 6.32. The van der Waals surface area contributed by atoms with Crippen LogP contribution in [0.3, 0.4) is 0 Å². The Labute approximate surface area is 201 Å². The number of ketones is 1. The van der Waals surface area contributed by atoms with Crippen LogP contribution in [-0.4, -0.2) is 58.4 Å². The van der Waals surface area contributed by atoms with Crippen LogP contribution >= 0.6 is 11.6 Å². The van der Waals surface area contributed by atoms with Crippen LogP contribution in [-0.2, 0) is 4.74 Å². The summed E-state index contributed by atoms with van der Waals surface area (Å²) in [5, 5.41) is 19.9. The SMILES string of the molecule is COc1cc(C(=O)C2CNCCO2)ccc1Nc1ncc(Cl)c(-c2cnn(C(C)CC#N)c2)n1. The van der Waals surface area contributed by atoms with Crippen LogP contribution < -0.4 is 15.4 Å². The first-order valence-corrected chi connectivity index (χ1v) is 11.1. The van der Waals surface area contributed by atoms with Crippen LogP contribution in [0.25, 0.3) is 11.3 Å². The molecule has 3 aromatic rings. The van der Waals surface area contributed by atoms with Crippen molar-refractivity contribution in [1.82, 2.24) is 25.1 Å². The summed E-state index contributed by atoms with van der Waals surface area (Å²) in [6, 6.07) is 7.18. The first-order chi connectivity index (χ1) is 16.5. The molecule has 176 valence electrons. The number of ether oxygens (including phenoxy) is 2. The number of Topliss-reactive ketones (excluding diaryl/α,β-unsaturated/α-hetero) is 1. The third-order valence-corrected chi connectivity index (χ3v) is 5.69. The quantitative estimate of drug-likeness (QED) is 0.465. The van der Waals surface area contributed by atoms with Gasteiger partial charge in [-0.1, -0.05) is 11.6 Å². The Kier molecular flexibility index (Phi) is 7.37. The average Bonchev–Trinajstić information content (AvgIpc) is 3.36. The summed E-state index contributed by atoms with van der Waals surface area (Å²) in [5.74, 6) is 0.659. The van der Waals surface area contributed by atoms with E-state index in [-0.39, 0.29) is 11.8 Å². The summed E-state index contributed by atoms with van der Waals surface area (Å²) >= 11 is 6.35. The van der Waals surface area contributed by atoms with Gasteiger partial charge in [0.1, 0.15) is 11.9 Å². The number of halogens is 1. The number of nitrogens with one attached hydrogen (secondary N) is 2. The van der Waals surface area contributed by atoms with Crippen molar-refractivity contribution in [3.8, 4) is 23.1 Å². The number of hydrogen-bond acceptors (Lipinski definition) is 9. The number of aromatic nitrogens is 4. The summed E-state index contributed by atoms with van der Waals surface area (Å²) in [6.07, 6.45) is 4.77. The van der Waals surface area contributed by atoms with Gasteiger partial charge < -0.3 is 20.1 Å². The average molecular weight is 482 g/mol. The zero-order valence-electron chi connectivity index (χ0n) is 18.8. The second-order valence-corrected chi connectivity index (χ2v) is 8.19. The van der Waals surface area contributed by atoms with Crippen LogP contribution in [0.1, 0.15) is 29.7 Å². The number of benzene rings is 1. The number of anilines is 2. The smallest absolute Gasteiger partial charge is 0.227 e. The lowest BCUT2D eigenvalue weighted by atomic mass is 10.0. The number of morpholine rings is 1. The summed E-state index contributed by atoms with van der Waals surface area (Å²) in [5.41, 5.74) is 2.29. The van der Waals surface area contributed by atoms with Crippen molar-refractivity contribution in [3.05, 3.63) is 47.4 Å². The van der Waals surface area contributed by atoms with Gasteiger partial charge in [-0.3, -0.25) is 9.48 Å². The molecule has 0 bridgehead atoms. The van der Waals surface area contributed by atoms with Gasteiger partial charge in [-0.05, 0) is 25.1 Å². The molecule has 2 aromatic heterocycles. The van der Waals surface area contributed by atoms with Crippen molar-refractivity contribution >= 4 is 29.0 Å². The van der Waals surface area contributed by atoms with Crippen molar-refractivity contribution in [2.75, 3.05) is 32.1 Å². The Hall–Kier alpha value is -3.52. The van der Waals surface area contributed by atoms with Crippen molar-refractivity contribution in [3.63, 3.8) is 0 Å². The monoisotopic (exact) mass is 481 g/mol. The predicted octanol–water partition coefficient (Wildman–Crippen LogP) is 3.39. The zero-order valence-corrected chi connectivity index (χ0v) is 19.5. The third-order valence-electron chi connectivity index (χ3n) is 5.41. The fraction of sp³-hybridized carbons (Fsp3) is 0.348. The highest BCUT2D eigenvalue weighted by Gasteiger charge is 2.24. The normalized spacial score (nSPS) is 16.5. The standard InChI is InChI=1S/C23H24ClN7O3/c1-14(5-6-25)31-13-16(10-28-31)21-17(24)11-27-23(30-21)29-18-4-3-15(9-19(18)33-2)22(32)20-12-26-7-8-34-20/h3-4,9-11,13-14,20,26H,5,7-8,12H2,1-2H3,(H,27,29,30). The van der Waals surface area contributed by atoms with E-state index in [1.54, 1.807) is 35.3 Å². The summed E-state index contributed by atoms with van der Waals surface area (Å²) < 4.78 is 12.8. The van der Waals surface area contributed by atoms with Crippen LogP contribution in [0.4, 0.5) is 11.6 Å². The Morgan fingerprint density at radius 2 is 2.32 bits per heavy atom. The van der Waals surface area contributed by atoms with E-state index in [1.165, 1.54) is 13.3 Å². The molecular formula is C23H24ClN7O3. The Balaban J connectivity index is 1.56. The van der Waals surface area contributed by atoms with Gasteiger partial charge in [0.2, 0.25) is 5.95 Å². The number of methoxy groups -OCH3 is 1. The summed E-state index contributed by atoms with van der Waals surface area (Å²) in [6.45, 7) is 3.62. The molecule has 2 atom stereocenters. The molecule has 0 aliphatic carbocycles. The molecule has 4 rings (SSSR count). The molecule has 1 aromatic carbocycles. The van der Waals surface area contributed by atoms with Crippen molar-refractivity contribution < 1.29 is 14.3 Å². The predicted molar refractivity (Wildman–Crippen MR) is 126 cm³/mol. The van der Waals surface area contributed by atoms with E-state index < -0.39 is 6.10 Å². The van der Waals surface area contributed by atoms with E-state index >= 15 is 0 Å². The molecular weight excluding hydrogens is 458 g/mol. The molecule has 2 N–H and O–H groups in total. The molecule has 1 saturated heterocycles. The molecule has 0 amide bonds. The van der Waals surface area contributed by atoms with Gasteiger partial charge in [0, 0.05) is 30.4 Å². The van der Waals surface area contributed by atoms with E-state index in [0.29, 0.717) is 58.8 Å². The Morgan fingerprint density at radius 1 is 1.47 bits per heavy atom. The van der Waals surface area contributed by atoms with Gasteiger partial charge >= 0.3 is 0 Å². The van der Waals surface area contributed by atoms with E-state index in [2.05, 4.69) is 31.8 Å². The highest BCUT2D eigenvalue weighted by atomic mass is 35.5. The first-order valence-electron chi connectivity index (χ1n) is 10.8. The first kappa shape index (κ1) is 23.6. The molecule has 0 saturated carbocycles. The molecule has 0 spiro atoms. The fourth-order valence-electron chi connectivity index (χ4n) is 3.54. The van der Waals surface area contributed by atoms with Crippen LogP contribution in [0, 0.1) is 11.3 Å². The molecule has 3 heterocycles. The zero-order chi connectivity index (χ0) is 24.1. The maximum Gasteiger partial charge on any atom is 0.227 e. The molecule has 1 aliphatic rings. The summed E-state index contributed by atoms with van der Waals surface area (Å²) in [7, 11) is 1.53. The van der Waals surface area contributed by atoms with Crippen molar-refractivity contribution in [1.29, 1.82) is 5.26 Å². The van der Waals surface area contributed by atoms with Gasteiger partial charge in [0.25, 0.3) is 0 Å². The fourth-order valence-corrected chi connectivity index (χ4v) is 3.74. The second kappa shape index (κ2) is 10.6. The Bertz CT molecular complexity index is 1220. The molecule has 0 radical (unpaired) electrons. The van der Waals surface area contributed by atoms with Crippen LogP contribution in [0.5, 0.6) is 5.75 Å². The van der Waals surface area contributed by atoms with Crippen molar-refractivity contribution in [2.24, 2.45) is 0 Å². The number of carbonyl (C=O) groups is 1. The van der Waals surface area contributed by atoms with E-state index in [0.717, 1.165) is 6.54 Å². The lowest BCUT2D eigenvalue weighted by Gasteiger charge is -2.22. The number of hydrogen-bond donors (Lipinski definition) is 2. The maximum atomic E-state index is 12.8. The lowest BCUT2D eigenvalue weighted by Crippen LogP contribution is -2.43. The van der Waals surface area contributed by atoms with Gasteiger partial charge in [-0.25, -0.2) is 9.97 Å². The Morgan fingerprint density at radius 3 is 3.06 bits per heavy atom. The minimum Gasteiger partial charge on any atom is -0.495 e. The number of carbonyl (C=O) groups excluding carboxylic acids is 1.